The second-order valence-corrected chi connectivity index (χ2v) is 7.44. The van der Waals surface area contributed by atoms with Crippen molar-refractivity contribution in [1.82, 2.24) is 5.32 Å². The zero-order chi connectivity index (χ0) is 20.1. The molecule has 2 aliphatic carbocycles. The van der Waals surface area contributed by atoms with Crippen LogP contribution in [-0.4, -0.2) is 32.2 Å². The third kappa shape index (κ3) is 5.33. The fourth-order valence-electron chi connectivity index (χ4n) is 4.31. The zero-order valence-electron chi connectivity index (χ0n) is 15.8. The third-order valence-corrected chi connectivity index (χ3v) is 5.61. The van der Waals surface area contributed by atoms with Crippen LogP contribution in [0.2, 0.25) is 0 Å². The Morgan fingerprint density at radius 2 is 2.04 bits per heavy atom. The van der Waals surface area contributed by atoms with Gasteiger partial charge in [-0.15, -0.1) is 0 Å². The fourth-order valence-corrected chi connectivity index (χ4v) is 4.31. The molecule has 0 aliphatic heterocycles. The van der Waals surface area contributed by atoms with E-state index in [4.69, 9.17) is 9.47 Å². The summed E-state index contributed by atoms with van der Waals surface area (Å²) < 4.78 is 39.1. The molecule has 0 aromatic heterocycles. The number of rotatable bonds is 9. The van der Waals surface area contributed by atoms with E-state index in [2.05, 4.69) is 10.1 Å². The third-order valence-electron chi connectivity index (χ3n) is 5.61. The summed E-state index contributed by atoms with van der Waals surface area (Å²) in [5.74, 6) is 1.11. The maximum Gasteiger partial charge on any atom is 0.387 e. The molecule has 154 valence electrons. The minimum absolute atomic E-state index is 0.0814. The van der Waals surface area contributed by atoms with E-state index in [9.17, 15) is 18.4 Å². The van der Waals surface area contributed by atoms with Gasteiger partial charge in [0, 0.05) is 13.0 Å². The molecule has 0 spiro atoms. The van der Waals surface area contributed by atoms with Crippen LogP contribution in [0.25, 0.3) is 0 Å². The van der Waals surface area contributed by atoms with Crippen molar-refractivity contribution in [2.24, 2.45) is 17.8 Å². The highest BCUT2D eigenvalue weighted by Gasteiger charge is 2.40. The summed E-state index contributed by atoms with van der Waals surface area (Å²) in [6.07, 6.45) is 5.19. The average Bonchev–Trinajstić information content (AvgIpc) is 3.28. The number of hydrogen-bond donors (Lipinski definition) is 1. The van der Waals surface area contributed by atoms with E-state index in [0.717, 1.165) is 12.3 Å². The number of esters is 1. The zero-order valence-corrected chi connectivity index (χ0v) is 15.8. The lowest BCUT2D eigenvalue weighted by atomic mass is 9.86. The lowest BCUT2D eigenvalue weighted by Crippen LogP contribution is -2.29. The molecule has 1 N–H and O–H groups in total. The molecular weight excluding hydrogens is 372 g/mol. The molecule has 0 unspecified atom stereocenters. The van der Waals surface area contributed by atoms with Crippen molar-refractivity contribution in [2.45, 2.75) is 45.3 Å². The van der Waals surface area contributed by atoms with Crippen molar-refractivity contribution in [1.29, 1.82) is 0 Å². The van der Waals surface area contributed by atoms with E-state index in [1.165, 1.54) is 38.5 Å². The van der Waals surface area contributed by atoms with Crippen LogP contribution in [0.15, 0.2) is 18.2 Å². The highest BCUT2D eigenvalue weighted by molar-refractivity contribution is 5.80. The topological polar surface area (TPSA) is 73.9 Å². The number of carbonyl (C=O) groups excluding carboxylic acids is 2. The molecular formula is C20H25F2NO5. The van der Waals surface area contributed by atoms with Crippen molar-refractivity contribution in [3.05, 3.63) is 23.8 Å². The first-order valence-electron chi connectivity index (χ1n) is 9.48. The normalized spacial score (nSPS) is 22.9. The smallest absolute Gasteiger partial charge is 0.387 e. The van der Waals surface area contributed by atoms with Gasteiger partial charge in [0.15, 0.2) is 18.1 Å². The van der Waals surface area contributed by atoms with Crippen LogP contribution in [0.5, 0.6) is 11.5 Å². The standard InChI is InChI=1S/C20H25F2NO5/c1-26-17-8-13(3-5-16(17)28-20(21)22)10-23-18(24)11-27-19(25)9-15-7-12-2-4-14(15)6-12/h3,5,8,12,14-15,20H,2,4,6-7,9-11H2,1H3,(H,23,24)/t12-,14+,15+/m0/s1. The molecule has 0 radical (unpaired) electrons. The van der Waals surface area contributed by atoms with E-state index >= 15 is 0 Å². The fraction of sp³-hybridized carbons (Fsp3) is 0.600. The summed E-state index contributed by atoms with van der Waals surface area (Å²) in [5.41, 5.74) is 0.639. The number of alkyl halides is 2. The molecule has 2 aliphatic rings. The molecule has 1 aromatic rings. The van der Waals surface area contributed by atoms with E-state index in [1.54, 1.807) is 6.07 Å². The van der Waals surface area contributed by atoms with Gasteiger partial charge in [-0.25, -0.2) is 0 Å². The Hall–Kier alpha value is -2.38. The number of fused-ring (bicyclic) bond motifs is 2. The van der Waals surface area contributed by atoms with Gasteiger partial charge in [-0.2, -0.15) is 8.78 Å². The SMILES string of the molecule is COc1cc(CNC(=O)COC(=O)C[C@H]2C[C@H]3CC[C@@H]2C3)ccc1OC(F)F. The van der Waals surface area contributed by atoms with Crippen LogP contribution in [0, 0.1) is 17.8 Å². The lowest BCUT2D eigenvalue weighted by Gasteiger charge is -2.20. The average molecular weight is 397 g/mol. The van der Waals surface area contributed by atoms with Crippen LogP contribution >= 0.6 is 0 Å². The van der Waals surface area contributed by atoms with Gasteiger partial charge in [-0.05, 0) is 54.7 Å². The molecule has 2 fully saturated rings. The number of halogens is 2. The minimum atomic E-state index is -2.95. The quantitative estimate of drug-likeness (QED) is 0.648. The van der Waals surface area contributed by atoms with Crippen LogP contribution in [0.3, 0.4) is 0 Å². The Kier molecular flexibility index (Phi) is 6.70. The summed E-state index contributed by atoms with van der Waals surface area (Å²) in [5, 5.41) is 2.63. The van der Waals surface area contributed by atoms with E-state index in [1.807, 2.05) is 0 Å². The second-order valence-electron chi connectivity index (χ2n) is 7.44. The van der Waals surface area contributed by atoms with E-state index < -0.39 is 12.5 Å². The van der Waals surface area contributed by atoms with Gasteiger partial charge in [0.25, 0.3) is 5.91 Å². The molecule has 2 saturated carbocycles. The number of methoxy groups -OCH3 is 1. The Morgan fingerprint density at radius 1 is 1.21 bits per heavy atom. The number of hydrogen-bond acceptors (Lipinski definition) is 5. The van der Waals surface area contributed by atoms with Crippen molar-refractivity contribution in [3.8, 4) is 11.5 Å². The van der Waals surface area contributed by atoms with Crippen molar-refractivity contribution in [3.63, 3.8) is 0 Å². The van der Waals surface area contributed by atoms with Gasteiger partial charge in [-0.3, -0.25) is 9.59 Å². The summed E-state index contributed by atoms with van der Waals surface area (Å²) in [7, 11) is 1.34. The molecule has 0 heterocycles. The molecule has 28 heavy (non-hydrogen) atoms. The Morgan fingerprint density at radius 3 is 2.68 bits per heavy atom. The van der Waals surface area contributed by atoms with Gasteiger partial charge in [0.05, 0.1) is 7.11 Å². The molecule has 2 bridgehead atoms. The van der Waals surface area contributed by atoms with Crippen LogP contribution < -0.4 is 14.8 Å². The number of carbonyl (C=O) groups is 2. The Labute approximate surface area is 162 Å². The first-order chi connectivity index (χ1) is 13.4. The highest BCUT2D eigenvalue weighted by atomic mass is 19.3. The summed E-state index contributed by atoms with van der Waals surface area (Å²) in [4.78, 5) is 23.9. The van der Waals surface area contributed by atoms with Gasteiger partial charge in [0.1, 0.15) is 0 Å². The Bertz CT molecular complexity index is 712. The summed E-state index contributed by atoms with van der Waals surface area (Å²) in [6, 6.07) is 4.39. The molecule has 8 heteroatoms. The van der Waals surface area contributed by atoms with Crippen molar-refractivity contribution < 1.29 is 32.6 Å². The molecule has 3 rings (SSSR count). The molecule has 6 nitrogen and oxygen atoms in total. The maximum absolute atomic E-state index is 12.3. The van der Waals surface area contributed by atoms with Gasteiger partial charge in [0.2, 0.25) is 0 Å². The number of benzene rings is 1. The lowest BCUT2D eigenvalue weighted by molar-refractivity contribution is -0.149. The number of ether oxygens (including phenoxy) is 3. The van der Waals surface area contributed by atoms with Crippen LogP contribution in [-0.2, 0) is 20.9 Å². The second kappa shape index (κ2) is 9.21. The van der Waals surface area contributed by atoms with Crippen molar-refractivity contribution in [2.75, 3.05) is 13.7 Å². The van der Waals surface area contributed by atoms with Crippen LogP contribution in [0.1, 0.15) is 37.7 Å². The number of amides is 1. The summed E-state index contributed by atoms with van der Waals surface area (Å²) >= 11 is 0. The maximum atomic E-state index is 12.3. The van der Waals surface area contributed by atoms with Crippen LogP contribution in [0.4, 0.5) is 8.78 Å². The highest BCUT2D eigenvalue weighted by Crippen LogP contribution is 2.49. The minimum Gasteiger partial charge on any atom is -0.493 e. The predicted molar refractivity (Wildman–Crippen MR) is 96.0 cm³/mol. The van der Waals surface area contributed by atoms with Gasteiger partial charge >= 0.3 is 12.6 Å². The first kappa shape index (κ1) is 20.4. The molecule has 3 atom stereocenters. The van der Waals surface area contributed by atoms with Gasteiger partial charge < -0.3 is 19.5 Å². The Balaban J connectivity index is 1.39. The summed E-state index contributed by atoms with van der Waals surface area (Å²) in [6.45, 7) is -3.13. The van der Waals surface area contributed by atoms with Crippen molar-refractivity contribution >= 4 is 11.9 Å². The largest absolute Gasteiger partial charge is 0.493 e. The molecule has 1 aromatic carbocycles. The molecule has 1 amide bonds. The molecule has 0 saturated heterocycles. The first-order valence-corrected chi connectivity index (χ1v) is 9.48. The van der Waals surface area contributed by atoms with Gasteiger partial charge in [-0.1, -0.05) is 12.5 Å². The predicted octanol–water partition coefficient (Wildman–Crippen LogP) is 3.28. The number of nitrogens with one attached hydrogen (secondary N) is 1. The monoisotopic (exact) mass is 397 g/mol. The van der Waals surface area contributed by atoms with E-state index in [-0.39, 0.29) is 30.6 Å². The van der Waals surface area contributed by atoms with E-state index in [0.29, 0.717) is 23.8 Å².